The van der Waals surface area contributed by atoms with E-state index in [1.807, 2.05) is 0 Å². The topological polar surface area (TPSA) is 71.3 Å². The third kappa shape index (κ3) is 6.50. The van der Waals surface area contributed by atoms with Gasteiger partial charge in [-0.25, -0.2) is 13.1 Å². The monoisotopic (exact) mass is 380 g/mol. The van der Waals surface area contributed by atoms with Crippen LogP contribution in [0.15, 0.2) is 20.0 Å². The Morgan fingerprint density at radius 2 is 2.05 bits per heavy atom. The number of nitrogens with one attached hydrogen (secondary N) is 2. The van der Waals surface area contributed by atoms with E-state index in [9.17, 15) is 8.42 Å². The van der Waals surface area contributed by atoms with Crippen LogP contribution in [0.2, 0.25) is 0 Å². The zero-order chi connectivity index (χ0) is 15.9. The number of hydrogen-bond donors (Lipinski definition) is 2. The van der Waals surface area contributed by atoms with E-state index < -0.39 is 10.0 Å². The molecule has 0 saturated carbocycles. The standard InChI is InChI=1S/C14H25BrN2O3S/c1-4-7-16-10-12-9-13(14(15)20-12)21(18,19)17-8-5-6-11(2)3/h9,11,16-17H,4-8,10H2,1-3H3. The molecule has 0 spiro atoms. The average Bonchev–Trinajstić information content (AvgIpc) is 2.77. The lowest BCUT2D eigenvalue weighted by Gasteiger charge is -2.06. The first kappa shape index (κ1) is 18.7. The van der Waals surface area contributed by atoms with E-state index in [1.54, 1.807) is 6.07 Å². The second-order valence-electron chi connectivity index (χ2n) is 5.46. The number of hydrogen-bond acceptors (Lipinski definition) is 4. The fourth-order valence-electron chi connectivity index (χ4n) is 1.85. The van der Waals surface area contributed by atoms with Gasteiger partial charge in [0.2, 0.25) is 10.0 Å². The summed E-state index contributed by atoms with van der Waals surface area (Å²) < 4.78 is 32.7. The van der Waals surface area contributed by atoms with Crippen molar-refractivity contribution >= 4 is 26.0 Å². The minimum atomic E-state index is -3.52. The smallest absolute Gasteiger partial charge is 0.244 e. The first-order valence-corrected chi connectivity index (χ1v) is 9.63. The molecular weight excluding hydrogens is 356 g/mol. The molecule has 0 aromatic carbocycles. The quantitative estimate of drug-likeness (QED) is 0.611. The summed E-state index contributed by atoms with van der Waals surface area (Å²) in [5.74, 6) is 1.18. The van der Waals surface area contributed by atoms with Gasteiger partial charge in [-0.15, -0.1) is 0 Å². The second-order valence-corrected chi connectivity index (χ2v) is 7.92. The van der Waals surface area contributed by atoms with Crippen LogP contribution in [-0.4, -0.2) is 21.5 Å². The van der Waals surface area contributed by atoms with Crippen molar-refractivity contribution < 1.29 is 12.8 Å². The summed E-state index contributed by atoms with van der Waals surface area (Å²) >= 11 is 3.18. The SMILES string of the molecule is CCCNCc1cc(S(=O)(=O)NCCCC(C)C)c(Br)o1. The number of halogens is 1. The third-order valence-electron chi connectivity index (χ3n) is 2.97. The van der Waals surface area contributed by atoms with Crippen LogP contribution < -0.4 is 10.0 Å². The minimum Gasteiger partial charge on any atom is -0.452 e. The molecule has 1 rings (SSSR count). The molecule has 0 amide bonds. The van der Waals surface area contributed by atoms with Crippen molar-refractivity contribution in [2.75, 3.05) is 13.1 Å². The molecule has 1 heterocycles. The zero-order valence-electron chi connectivity index (χ0n) is 12.9. The molecule has 1 aromatic rings. The van der Waals surface area contributed by atoms with Crippen molar-refractivity contribution in [2.24, 2.45) is 5.92 Å². The first-order valence-electron chi connectivity index (χ1n) is 7.35. The molecule has 0 radical (unpaired) electrons. The van der Waals surface area contributed by atoms with Gasteiger partial charge in [-0.3, -0.25) is 0 Å². The Morgan fingerprint density at radius 3 is 2.67 bits per heavy atom. The maximum absolute atomic E-state index is 12.2. The number of sulfonamides is 1. The molecule has 0 aliphatic heterocycles. The summed E-state index contributed by atoms with van der Waals surface area (Å²) in [4.78, 5) is 0.167. The van der Waals surface area contributed by atoms with Gasteiger partial charge in [0.05, 0.1) is 6.54 Å². The minimum absolute atomic E-state index is 0.167. The maximum atomic E-state index is 12.2. The van der Waals surface area contributed by atoms with Gasteiger partial charge >= 0.3 is 0 Å². The molecule has 0 aliphatic carbocycles. The Hall–Kier alpha value is -0.370. The zero-order valence-corrected chi connectivity index (χ0v) is 15.3. The molecule has 0 saturated heterocycles. The Balaban J connectivity index is 2.61. The lowest BCUT2D eigenvalue weighted by Crippen LogP contribution is -2.25. The van der Waals surface area contributed by atoms with Crippen molar-refractivity contribution in [1.82, 2.24) is 10.0 Å². The van der Waals surface area contributed by atoms with Crippen LogP contribution in [0.3, 0.4) is 0 Å². The van der Waals surface area contributed by atoms with Gasteiger partial charge in [-0.1, -0.05) is 20.8 Å². The summed E-state index contributed by atoms with van der Waals surface area (Å²) in [6, 6.07) is 1.57. The molecular formula is C14H25BrN2O3S. The highest BCUT2D eigenvalue weighted by molar-refractivity contribution is 9.10. The molecule has 0 atom stereocenters. The number of furan rings is 1. The normalized spacial score (nSPS) is 12.2. The third-order valence-corrected chi connectivity index (χ3v) is 5.29. The molecule has 1 aromatic heterocycles. The number of rotatable bonds is 10. The average molecular weight is 381 g/mol. The van der Waals surface area contributed by atoms with Gasteiger partial charge in [0.15, 0.2) is 4.67 Å². The lowest BCUT2D eigenvalue weighted by molar-refractivity contribution is 0.460. The Kier molecular flexibility index (Phi) is 7.94. The van der Waals surface area contributed by atoms with Gasteiger partial charge in [-0.2, -0.15) is 0 Å². The lowest BCUT2D eigenvalue weighted by atomic mass is 10.1. The molecule has 0 fully saturated rings. The van der Waals surface area contributed by atoms with Crippen LogP contribution in [0.5, 0.6) is 0 Å². The van der Waals surface area contributed by atoms with E-state index in [0.717, 1.165) is 25.8 Å². The van der Waals surface area contributed by atoms with Crippen LogP contribution in [0.4, 0.5) is 0 Å². The highest BCUT2D eigenvalue weighted by Gasteiger charge is 2.21. The van der Waals surface area contributed by atoms with E-state index in [2.05, 4.69) is 46.7 Å². The summed E-state index contributed by atoms with van der Waals surface area (Å²) in [5, 5.41) is 3.18. The fourth-order valence-corrected chi connectivity index (χ4v) is 3.92. The van der Waals surface area contributed by atoms with E-state index >= 15 is 0 Å². The summed E-state index contributed by atoms with van der Waals surface area (Å²) in [6.07, 6.45) is 2.85. The highest BCUT2D eigenvalue weighted by Crippen LogP contribution is 2.26. The predicted molar refractivity (Wildman–Crippen MR) is 87.7 cm³/mol. The Bertz CT molecular complexity index is 526. The molecule has 7 heteroatoms. The Labute approximate surface area is 136 Å². The van der Waals surface area contributed by atoms with E-state index in [-0.39, 0.29) is 9.56 Å². The summed E-state index contributed by atoms with van der Waals surface area (Å²) in [5.41, 5.74) is 0. The van der Waals surface area contributed by atoms with Gasteiger partial charge in [0.1, 0.15) is 10.7 Å². The van der Waals surface area contributed by atoms with Gasteiger partial charge in [-0.05, 0) is 47.7 Å². The van der Waals surface area contributed by atoms with Crippen molar-refractivity contribution in [3.63, 3.8) is 0 Å². The van der Waals surface area contributed by atoms with Crippen molar-refractivity contribution in [2.45, 2.75) is 51.5 Å². The van der Waals surface area contributed by atoms with Crippen molar-refractivity contribution in [3.8, 4) is 0 Å². The van der Waals surface area contributed by atoms with Crippen LogP contribution in [0, 0.1) is 5.92 Å². The molecule has 21 heavy (non-hydrogen) atoms. The van der Waals surface area contributed by atoms with Crippen LogP contribution >= 0.6 is 15.9 Å². The van der Waals surface area contributed by atoms with Crippen LogP contribution in [-0.2, 0) is 16.6 Å². The molecule has 2 N–H and O–H groups in total. The molecule has 0 unspecified atom stereocenters. The largest absolute Gasteiger partial charge is 0.452 e. The highest BCUT2D eigenvalue weighted by atomic mass is 79.9. The van der Waals surface area contributed by atoms with Gasteiger partial charge in [0.25, 0.3) is 0 Å². The van der Waals surface area contributed by atoms with Gasteiger partial charge in [0, 0.05) is 12.6 Å². The van der Waals surface area contributed by atoms with Gasteiger partial charge < -0.3 is 9.73 Å². The maximum Gasteiger partial charge on any atom is 0.244 e. The Morgan fingerprint density at radius 1 is 1.33 bits per heavy atom. The van der Waals surface area contributed by atoms with Crippen molar-refractivity contribution in [3.05, 3.63) is 16.5 Å². The molecule has 122 valence electrons. The van der Waals surface area contributed by atoms with E-state index in [0.29, 0.717) is 24.8 Å². The molecule has 0 bridgehead atoms. The van der Waals surface area contributed by atoms with Crippen LogP contribution in [0.1, 0.15) is 45.8 Å². The second kappa shape index (κ2) is 8.92. The van der Waals surface area contributed by atoms with E-state index in [1.165, 1.54) is 0 Å². The fraction of sp³-hybridized carbons (Fsp3) is 0.714. The van der Waals surface area contributed by atoms with E-state index in [4.69, 9.17) is 4.42 Å². The molecule has 0 aliphatic rings. The van der Waals surface area contributed by atoms with Crippen LogP contribution in [0.25, 0.3) is 0 Å². The van der Waals surface area contributed by atoms with Crippen molar-refractivity contribution in [1.29, 1.82) is 0 Å². The summed E-state index contributed by atoms with van der Waals surface area (Å²) in [6.45, 7) is 8.15. The predicted octanol–water partition coefficient (Wildman–Crippen LogP) is 3.26. The summed E-state index contributed by atoms with van der Waals surface area (Å²) in [7, 11) is -3.52. The first-order chi connectivity index (χ1) is 9.86. The molecule has 5 nitrogen and oxygen atoms in total.